The summed E-state index contributed by atoms with van der Waals surface area (Å²) in [5.74, 6) is 0.423. The Balaban J connectivity index is 1.44. The van der Waals surface area contributed by atoms with Crippen LogP contribution in [0.2, 0.25) is 0 Å². The van der Waals surface area contributed by atoms with Crippen molar-refractivity contribution in [1.82, 2.24) is 0 Å². The summed E-state index contributed by atoms with van der Waals surface area (Å²) in [6, 6.07) is 12.2. The van der Waals surface area contributed by atoms with E-state index >= 15 is 0 Å². The van der Waals surface area contributed by atoms with Crippen LogP contribution in [0, 0.1) is 0 Å². The third-order valence-corrected chi connectivity index (χ3v) is 5.52. The van der Waals surface area contributed by atoms with Crippen molar-refractivity contribution in [2.45, 2.75) is 43.2 Å². The fourth-order valence-electron chi connectivity index (χ4n) is 3.83. The monoisotopic (exact) mass is 432 g/mol. The van der Waals surface area contributed by atoms with Gasteiger partial charge in [0.1, 0.15) is 47.6 Å². The molecule has 2 aliphatic heterocycles. The van der Waals surface area contributed by atoms with Crippen molar-refractivity contribution in [3.63, 3.8) is 0 Å². The minimum Gasteiger partial charge on any atom is -0.496 e. The number of aliphatic hydroxyl groups is 4. The Morgan fingerprint density at radius 3 is 2.42 bits per heavy atom. The fourth-order valence-corrected chi connectivity index (χ4v) is 3.83. The van der Waals surface area contributed by atoms with E-state index in [1.165, 1.54) is 7.11 Å². The molecule has 0 aromatic heterocycles. The van der Waals surface area contributed by atoms with Crippen molar-refractivity contribution in [2.75, 3.05) is 13.7 Å². The van der Waals surface area contributed by atoms with Crippen LogP contribution in [0.25, 0.3) is 0 Å². The first-order valence-corrected chi connectivity index (χ1v) is 9.87. The van der Waals surface area contributed by atoms with Gasteiger partial charge in [-0.2, -0.15) is 0 Å². The van der Waals surface area contributed by atoms with Gasteiger partial charge in [-0.15, -0.1) is 0 Å². The smallest absolute Gasteiger partial charge is 0.342 e. The van der Waals surface area contributed by atoms with E-state index in [1.54, 1.807) is 30.3 Å². The Morgan fingerprint density at radius 2 is 1.74 bits per heavy atom. The van der Waals surface area contributed by atoms with E-state index in [-0.39, 0.29) is 0 Å². The number of benzene rings is 2. The van der Waals surface area contributed by atoms with E-state index in [9.17, 15) is 25.2 Å². The Kier molecular flexibility index (Phi) is 6.12. The van der Waals surface area contributed by atoms with Crippen molar-refractivity contribution in [3.05, 3.63) is 59.2 Å². The molecule has 31 heavy (non-hydrogen) atoms. The number of hydrogen-bond acceptors (Lipinski definition) is 9. The second-order valence-electron chi connectivity index (χ2n) is 7.48. The van der Waals surface area contributed by atoms with Crippen molar-refractivity contribution in [3.8, 4) is 11.5 Å². The number of cyclic esters (lactones) is 1. The third-order valence-electron chi connectivity index (χ3n) is 5.52. The second kappa shape index (κ2) is 8.81. The highest BCUT2D eigenvalue weighted by Crippen LogP contribution is 2.38. The lowest BCUT2D eigenvalue weighted by Crippen LogP contribution is -2.60. The fraction of sp³-hybridized carbons (Fsp3) is 0.409. The van der Waals surface area contributed by atoms with Gasteiger partial charge in [-0.25, -0.2) is 4.79 Å². The van der Waals surface area contributed by atoms with Crippen molar-refractivity contribution < 1.29 is 44.2 Å². The van der Waals surface area contributed by atoms with Crippen LogP contribution in [0.15, 0.2) is 42.5 Å². The zero-order chi connectivity index (χ0) is 22.1. The Bertz CT molecular complexity index is 927. The van der Waals surface area contributed by atoms with E-state index in [4.69, 9.17) is 18.9 Å². The zero-order valence-corrected chi connectivity index (χ0v) is 16.7. The quantitative estimate of drug-likeness (QED) is 0.476. The van der Waals surface area contributed by atoms with Gasteiger partial charge < -0.3 is 39.4 Å². The lowest BCUT2D eigenvalue weighted by atomic mass is 9.98. The first kappa shape index (κ1) is 21.5. The van der Waals surface area contributed by atoms with Crippen LogP contribution in [0.1, 0.15) is 27.6 Å². The molecular formula is C22H24O9. The molecular weight excluding hydrogens is 408 g/mol. The van der Waals surface area contributed by atoms with Crippen LogP contribution in [-0.4, -0.2) is 70.8 Å². The Hall–Kier alpha value is -2.69. The molecule has 1 saturated heterocycles. The van der Waals surface area contributed by atoms with Gasteiger partial charge in [-0.05, 0) is 23.8 Å². The summed E-state index contributed by atoms with van der Waals surface area (Å²) in [5.41, 5.74) is 2.10. The first-order chi connectivity index (χ1) is 14.9. The number of fused-ring (bicyclic) bond motifs is 1. The minimum absolute atomic E-state index is 0.360. The zero-order valence-electron chi connectivity index (χ0n) is 16.7. The van der Waals surface area contributed by atoms with Crippen LogP contribution in [-0.2, 0) is 15.9 Å². The van der Waals surface area contributed by atoms with Gasteiger partial charge in [0.2, 0.25) is 6.29 Å². The average Bonchev–Trinajstić information content (AvgIpc) is 3.10. The van der Waals surface area contributed by atoms with E-state index < -0.39 is 49.4 Å². The minimum atomic E-state index is -1.51. The Labute approximate surface area is 178 Å². The number of hydrogen-bond donors (Lipinski definition) is 4. The maximum Gasteiger partial charge on any atom is 0.342 e. The normalized spacial score (nSPS) is 29.9. The summed E-state index contributed by atoms with van der Waals surface area (Å²) >= 11 is 0. The molecule has 0 radical (unpaired) electrons. The van der Waals surface area contributed by atoms with E-state index in [1.807, 2.05) is 12.1 Å². The molecule has 6 unspecified atom stereocenters. The summed E-state index contributed by atoms with van der Waals surface area (Å²) in [7, 11) is 1.50. The molecule has 1 fully saturated rings. The molecule has 4 rings (SSSR count). The molecule has 0 saturated carbocycles. The van der Waals surface area contributed by atoms with Gasteiger partial charge >= 0.3 is 5.97 Å². The lowest BCUT2D eigenvalue weighted by molar-refractivity contribution is -0.277. The highest BCUT2D eigenvalue weighted by molar-refractivity contribution is 5.97. The molecule has 0 bridgehead atoms. The average molecular weight is 432 g/mol. The number of aliphatic hydroxyl groups excluding tert-OH is 4. The molecule has 9 heteroatoms. The lowest BCUT2D eigenvalue weighted by Gasteiger charge is -2.39. The maximum absolute atomic E-state index is 12.2. The molecule has 9 nitrogen and oxygen atoms in total. The number of esters is 1. The number of methoxy groups -OCH3 is 1. The molecule has 2 aromatic carbocycles. The first-order valence-electron chi connectivity index (χ1n) is 9.87. The number of rotatable bonds is 6. The number of carbonyl (C=O) groups excluding carboxylic acids is 1. The summed E-state index contributed by atoms with van der Waals surface area (Å²) < 4.78 is 21.7. The summed E-state index contributed by atoms with van der Waals surface area (Å²) in [4.78, 5) is 12.2. The SMILES string of the molecule is COc1cccc2c1C(=O)OC2Cc1ccc(OC2OC(CO)C(O)C(O)C2O)cc1. The largest absolute Gasteiger partial charge is 0.496 e. The Morgan fingerprint density at radius 1 is 1.00 bits per heavy atom. The summed E-state index contributed by atoms with van der Waals surface area (Å²) in [6.07, 6.45) is -6.72. The molecule has 6 atom stereocenters. The van der Waals surface area contributed by atoms with Crippen LogP contribution in [0.3, 0.4) is 0 Å². The second-order valence-corrected chi connectivity index (χ2v) is 7.48. The van der Waals surface area contributed by atoms with Crippen molar-refractivity contribution in [2.24, 2.45) is 0 Å². The molecule has 2 aromatic rings. The van der Waals surface area contributed by atoms with Gasteiger partial charge in [0.05, 0.1) is 13.7 Å². The van der Waals surface area contributed by atoms with Crippen molar-refractivity contribution in [1.29, 1.82) is 0 Å². The highest BCUT2D eigenvalue weighted by Gasteiger charge is 2.44. The van der Waals surface area contributed by atoms with Crippen LogP contribution >= 0.6 is 0 Å². The molecule has 4 N–H and O–H groups in total. The van der Waals surface area contributed by atoms with Crippen molar-refractivity contribution >= 4 is 5.97 Å². The molecule has 0 aliphatic carbocycles. The van der Waals surface area contributed by atoms with Crippen LogP contribution in [0.4, 0.5) is 0 Å². The van der Waals surface area contributed by atoms with Gasteiger partial charge in [0.15, 0.2) is 0 Å². The van der Waals surface area contributed by atoms with Gasteiger partial charge in [-0.3, -0.25) is 0 Å². The molecule has 166 valence electrons. The maximum atomic E-state index is 12.2. The molecule has 2 heterocycles. The molecule has 2 aliphatic rings. The van der Waals surface area contributed by atoms with Crippen LogP contribution < -0.4 is 9.47 Å². The van der Waals surface area contributed by atoms with Crippen LogP contribution in [0.5, 0.6) is 11.5 Å². The van der Waals surface area contributed by atoms with Gasteiger partial charge in [0.25, 0.3) is 0 Å². The van der Waals surface area contributed by atoms with E-state index in [0.29, 0.717) is 23.5 Å². The summed E-state index contributed by atoms with van der Waals surface area (Å²) in [5, 5.41) is 39.1. The van der Waals surface area contributed by atoms with E-state index in [0.717, 1.165) is 11.1 Å². The molecule has 0 amide bonds. The molecule has 0 spiro atoms. The number of ether oxygens (including phenoxy) is 4. The highest BCUT2D eigenvalue weighted by atomic mass is 16.7. The van der Waals surface area contributed by atoms with Gasteiger partial charge in [0, 0.05) is 12.0 Å². The topological polar surface area (TPSA) is 135 Å². The predicted octanol–water partition coefficient (Wildman–Crippen LogP) is 0.328. The summed E-state index contributed by atoms with van der Waals surface area (Å²) in [6.45, 7) is -0.532. The number of carbonyl (C=O) groups is 1. The van der Waals surface area contributed by atoms with Gasteiger partial charge in [-0.1, -0.05) is 24.3 Å². The predicted molar refractivity (Wildman–Crippen MR) is 106 cm³/mol. The van der Waals surface area contributed by atoms with E-state index in [2.05, 4.69) is 0 Å². The third kappa shape index (κ3) is 4.10. The standard InChI is InChI=1S/C22H24O9/c1-28-14-4-2-3-13-15(30-21(27)17(13)14)9-11-5-7-12(8-6-11)29-22-20(26)19(25)18(24)16(10-23)31-22/h2-8,15-16,18-20,22-26H,9-10H2,1H3.